The molecule has 2 aromatic rings. The molecule has 5 nitrogen and oxygen atoms in total. The van der Waals surface area contributed by atoms with Gasteiger partial charge in [-0.15, -0.1) is 0 Å². The van der Waals surface area contributed by atoms with Crippen molar-refractivity contribution in [1.29, 1.82) is 5.26 Å². The lowest BCUT2D eigenvalue weighted by Crippen LogP contribution is -2.11. The fraction of sp³-hybridized carbons (Fsp3) is 0.211. The standard InChI is InChI=1S/C19H15F3N2O3/c1-26-14-6-3-12(18(9-14)27-2)4-8-17(25)15(10-23)16-7-5-13(11-24-16)19(20,21)22/h3-9,11,15H,1-2H3/b8-4+. The second-order valence-electron chi connectivity index (χ2n) is 5.38. The van der Waals surface area contributed by atoms with E-state index in [9.17, 15) is 23.2 Å². The molecule has 0 aliphatic carbocycles. The lowest BCUT2D eigenvalue weighted by molar-refractivity contribution is -0.137. The third-order valence-corrected chi connectivity index (χ3v) is 3.69. The highest BCUT2D eigenvalue weighted by Gasteiger charge is 2.31. The van der Waals surface area contributed by atoms with Gasteiger partial charge in [0.25, 0.3) is 0 Å². The molecule has 0 amide bonds. The lowest BCUT2D eigenvalue weighted by Gasteiger charge is -2.09. The fourth-order valence-corrected chi connectivity index (χ4v) is 2.24. The summed E-state index contributed by atoms with van der Waals surface area (Å²) in [6.45, 7) is 0. The number of pyridine rings is 1. The first kappa shape index (κ1) is 20.0. The molecule has 0 aliphatic heterocycles. The Kier molecular flexibility index (Phi) is 6.19. The number of allylic oxidation sites excluding steroid dienone is 1. The molecule has 1 aromatic heterocycles. The lowest BCUT2D eigenvalue weighted by atomic mass is 9.99. The average Bonchev–Trinajstić information content (AvgIpc) is 2.66. The van der Waals surface area contributed by atoms with Gasteiger partial charge in [-0.1, -0.05) is 0 Å². The van der Waals surface area contributed by atoms with Crippen molar-refractivity contribution in [2.24, 2.45) is 0 Å². The molecule has 1 heterocycles. The molecule has 140 valence electrons. The second-order valence-corrected chi connectivity index (χ2v) is 5.38. The van der Waals surface area contributed by atoms with Crippen LogP contribution in [0, 0.1) is 11.3 Å². The maximum Gasteiger partial charge on any atom is 0.417 e. The number of methoxy groups -OCH3 is 2. The normalized spacial score (nSPS) is 12.4. The number of halogens is 3. The van der Waals surface area contributed by atoms with E-state index in [0.717, 1.165) is 18.2 Å². The predicted octanol–water partition coefficient (Wildman–Crippen LogP) is 4.01. The highest BCUT2D eigenvalue weighted by atomic mass is 19.4. The zero-order valence-corrected chi connectivity index (χ0v) is 14.4. The smallest absolute Gasteiger partial charge is 0.417 e. The van der Waals surface area contributed by atoms with Gasteiger partial charge in [-0.05, 0) is 36.4 Å². The van der Waals surface area contributed by atoms with Crippen LogP contribution in [-0.4, -0.2) is 25.0 Å². The summed E-state index contributed by atoms with van der Waals surface area (Å²) in [6.07, 6.45) is -1.32. The van der Waals surface area contributed by atoms with E-state index in [1.54, 1.807) is 24.3 Å². The molecule has 0 spiro atoms. The fourth-order valence-electron chi connectivity index (χ4n) is 2.24. The molecule has 0 bridgehead atoms. The van der Waals surface area contributed by atoms with Crippen molar-refractivity contribution in [3.63, 3.8) is 0 Å². The number of rotatable bonds is 6. The van der Waals surface area contributed by atoms with Gasteiger partial charge in [0.2, 0.25) is 0 Å². The maximum atomic E-state index is 12.6. The summed E-state index contributed by atoms with van der Waals surface area (Å²) in [7, 11) is 2.96. The van der Waals surface area contributed by atoms with Gasteiger partial charge < -0.3 is 9.47 Å². The third kappa shape index (κ3) is 4.85. The summed E-state index contributed by atoms with van der Waals surface area (Å²) in [5.74, 6) is -0.894. The van der Waals surface area contributed by atoms with Crippen molar-refractivity contribution >= 4 is 11.9 Å². The Balaban J connectivity index is 2.23. The molecule has 0 radical (unpaired) electrons. The summed E-state index contributed by atoms with van der Waals surface area (Å²) in [4.78, 5) is 15.9. The number of alkyl halides is 3. The number of ether oxygens (including phenoxy) is 2. The number of hydrogen-bond donors (Lipinski definition) is 0. The Morgan fingerprint density at radius 2 is 1.96 bits per heavy atom. The van der Waals surface area contributed by atoms with Gasteiger partial charge in [-0.3, -0.25) is 9.78 Å². The van der Waals surface area contributed by atoms with Crippen LogP contribution in [0.5, 0.6) is 11.5 Å². The van der Waals surface area contributed by atoms with Crippen molar-refractivity contribution in [2.75, 3.05) is 14.2 Å². The minimum Gasteiger partial charge on any atom is -0.497 e. The Morgan fingerprint density at radius 3 is 2.48 bits per heavy atom. The summed E-state index contributed by atoms with van der Waals surface area (Å²) < 4.78 is 48.1. The molecule has 27 heavy (non-hydrogen) atoms. The first-order valence-corrected chi connectivity index (χ1v) is 7.67. The number of hydrogen-bond acceptors (Lipinski definition) is 5. The Bertz CT molecular complexity index is 885. The Hall–Kier alpha value is -3.34. The van der Waals surface area contributed by atoms with Crippen molar-refractivity contribution in [2.45, 2.75) is 12.1 Å². The van der Waals surface area contributed by atoms with E-state index in [-0.39, 0.29) is 5.69 Å². The van der Waals surface area contributed by atoms with Gasteiger partial charge in [0, 0.05) is 17.8 Å². The zero-order valence-electron chi connectivity index (χ0n) is 14.4. The Morgan fingerprint density at radius 1 is 1.22 bits per heavy atom. The number of nitriles is 1. The van der Waals surface area contributed by atoms with Crippen LogP contribution in [0.4, 0.5) is 13.2 Å². The minimum absolute atomic E-state index is 0.0538. The van der Waals surface area contributed by atoms with Crippen LogP contribution in [-0.2, 0) is 11.0 Å². The van der Waals surface area contributed by atoms with E-state index >= 15 is 0 Å². The molecule has 0 aliphatic rings. The van der Waals surface area contributed by atoms with Crippen LogP contribution in [0.2, 0.25) is 0 Å². The van der Waals surface area contributed by atoms with E-state index in [2.05, 4.69) is 4.98 Å². The van der Waals surface area contributed by atoms with Crippen molar-refractivity contribution < 1.29 is 27.4 Å². The van der Waals surface area contributed by atoms with E-state index in [0.29, 0.717) is 23.3 Å². The summed E-state index contributed by atoms with van der Waals surface area (Å²) in [6, 6.07) is 8.54. The summed E-state index contributed by atoms with van der Waals surface area (Å²) in [5.41, 5.74) is -0.431. The molecule has 1 atom stereocenters. The molecule has 1 aromatic carbocycles. The molecule has 0 fully saturated rings. The Labute approximate surface area is 153 Å². The van der Waals surface area contributed by atoms with E-state index < -0.39 is 23.4 Å². The van der Waals surface area contributed by atoms with Gasteiger partial charge in [0.15, 0.2) is 11.7 Å². The predicted molar refractivity (Wildman–Crippen MR) is 91.2 cm³/mol. The maximum absolute atomic E-state index is 12.6. The highest BCUT2D eigenvalue weighted by Crippen LogP contribution is 2.29. The minimum atomic E-state index is -4.54. The number of carbonyl (C=O) groups is 1. The van der Waals surface area contributed by atoms with Gasteiger partial charge in [0.05, 0.1) is 31.5 Å². The van der Waals surface area contributed by atoms with E-state index in [1.165, 1.54) is 20.3 Å². The first-order chi connectivity index (χ1) is 12.8. The van der Waals surface area contributed by atoms with E-state index in [4.69, 9.17) is 9.47 Å². The van der Waals surface area contributed by atoms with Gasteiger partial charge >= 0.3 is 6.18 Å². The van der Waals surface area contributed by atoms with Crippen molar-refractivity contribution in [1.82, 2.24) is 4.98 Å². The molecule has 0 saturated heterocycles. The topological polar surface area (TPSA) is 72.2 Å². The van der Waals surface area contributed by atoms with Crippen LogP contribution in [0.25, 0.3) is 6.08 Å². The van der Waals surface area contributed by atoms with Gasteiger partial charge in [0.1, 0.15) is 11.5 Å². The largest absolute Gasteiger partial charge is 0.497 e. The summed E-state index contributed by atoms with van der Waals surface area (Å²) in [5, 5.41) is 9.24. The van der Waals surface area contributed by atoms with E-state index in [1.807, 2.05) is 0 Å². The first-order valence-electron chi connectivity index (χ1n) is 7.67. The third-order valence-electron chi connectivity index (χ3n) is 3.69. The molecule has 8 heteroatoms. The molecule has 2 rings (SSSR count). The highest BCUT2D eigenvalue weighted by molar-refractivity contribution is 6.00. The van der Waals surface area contributed by atoms with Crippen LogP contribution >= 0.6 is 0 Å². The quantitative estimate of drug-likeness (QED) is 0.713. The van der Waals surface area contributed by atoms with Crippen molar-refractivity contribution in [3.05, 3.63) is 59.4 Å². The number of ketones is 1. The van der Waals surface area contributed by atoms with Crippen LogP contribution in [0.15, 0.2) is 42.6 Å². The number of aromatic nitrogens is 1. The molecular formula is C19H15F3N2O3. The molecular weight excluding hydrogens is 361 g/mol. The monoisotopic (exact) mass is 376 g/mol. The average molecular weight is 376 g/mol. The van der Waals surface area contributed by atoms with Crippen molar-refractivity contribution in [3.8, 4) is 17.6 Å². The number of benzene rings is 1. The van der Waals surface area contributed by atoms with Crippen LogP contribution < -0.4 is 9.47 Å². The van der Waals surface area contributed by atoms with Gasteiger partial charge in [-0.25, -0.2) is 0 Å². The number of carbonyl (C=O) groups excluding carboxylic acids is 1. The molecule has 1 unspecified atom stereocenters. The van der Waals surface area contributed by atoms with Crippen LogP contribution in [0.1, 0.15) is 22.7 Å². The molecule has 0 N–H and O–H groups in total. The second kappa shape index (κ2) is 8.36. The number of nitrogens with zero attached hydrogens (tertiary/aromatic N) is 2. The molecule has 0 saturated carbocycles. The SMILES string of the molecule is COc1ccc(/C=C/C(=O)C(C#N)c2ccc(C(F)(F)F)cn2)c(OC)c1. The zero-order chi connectivity index (χ0) is 20.0. The van der Waals surface area contributed by atoms with Crippen LogP contribution in [0.3, 0.4) is 0 Å². The summed E-state index contributed by atoms with van der Waals surface area (Å²) >= 11 is 0. The van der Waals surface area contributed by atoms with Gasteiger partial charge in [-0.2, -0.15) is 18.4 Å².